The molecule has 3 aromatic rings. The lowest BCUT2D eigenvalue weighted by atomic mass is 10.1. The molecule has 1 unspecified atom stereocenters. The molecular weight excluding hydrogens is 597 g/mol. The van der Waals surface area contributed by atoms with Gasteiger partial charge in [0.15, 0.2) is 14.9 Å². The largest absolute Gasteiger partial charge is 0.482 e. The molecular formula is C32H42FN5O6Si. The quantitative estimate of drug-likeness (QED) is 0.248. The smallest absolute Gasteiger partial charge is 0.414 e. The molecule has 1 fully saturated rings. The van der Waals surface area contributed by atoms with Gasteiger partial charge in [0.1, 0.15) is 23.2 Å². The van der Waals surface area contributed by atoms with Gasteiger partial charge in [-0.15, -0.1) is 0 Å². The lowest BCUT2D eigenvalue weighted by Crippen LogP contribution is -2.43. The summed E-state index contributed by atoms with van der Waals surface area (Å²) in [6, 6.07) is 8.72. The third-order valence-electron chi connectivity index (χ3n) is 8.79. The third kappa shape index (κ3) is 7.54. The minimum Gasteiger partial charge on any atom is -0.482 e. The van der Waals surface area contributed by atoms with Gasteiger partial charge in [0, 0.05) is 37.0 Å². The number of amides is 2. The van der Waals surface area contributed by atoms with Crippen molar-refractivity contribution < 1.29 is 32.6 Å². The van der Waals surface area contributed by atoms with Crippen molar-refractivity contribution in [2.45, 2.75) is 64.4 Å². The summed E-state index contributed by atoms with van der Waals surface area (Å²) in [6.45, 7) is 13.4. The summed E-state index contributed by atoms with van der Waals surface area (Å²) < 4.78 is 38.1. The van der Waals surface area contributed by atoms with Crippen LogP contribution in [-0.4, -0.2) is 81.2 Å². The predicted octanol–water partition coefficient (Wildman–Crippen LogP) is 5.74. The van der Waals surface area contributed by atoms with Crippen LogP contribution < -0.4 is 19.7 Å². The van der Waals surface area contributed by atoms with Gasteiger partial charge >= 0.3 is 6.09 Å². The summed E-state index contributed by atoms with van der Waals surface area (Å²) in [5, 5.41) is 2.84. The number of nitrogens with zero attached hydrogens (tertiary/aromatic N) is 4. The molecule has 0 aliphatic carbocycles. The number of anilines is 2. The van der Waals surface area contributed by atoms with Gasteiger partial charge in [-0.2, -0.15) is 0 Å². The van der Waals surface area contributed by atoms with Gasteiger partial charge in [0.2, 0.25) is 5.88 Å². The molecule has 2 aromatic heterocycles. The van der Waals surface area contributed by atoms with E-state index in [-0.39, 0.29) is 23.7 Å². The third-order valence-corrected chi connectivity index (χ3v) is 13.3. The highest BCUT2D eigenvalue weighted by molar-refractivity contribution is 6.74. The van der Waals surface area contributed by atoms with Crippen LogP contribution in [0.1, 0.15) is 39.2 Å². The first-order valence-electron chi connectivity index (χ1n) is 15.2. The van der Waals surface area contributed by atoms with Gasteiger partial charge in [-0.05, 0) is 61.8 Å². The van der Waals surface area contributed by atoms with Crippen molar-refractivity contribution in [1.82, 2.24) is 14.9 Å². The van der Waals surface area contributed by atoms with Crippen LogP contribution in [0.3, 0.4) is 0 Å². The van der Waals surface area contributed by atoms with Crippen LogP contribution in [0.4, 0.5) is 20.6 Å². The van der Waals surface area contributed by atoms with Gasteiger partial charge < -0.3 is 24.0 Å². The van der Waals surface area contributed by atoms with Crippen molar-refractivity contribution in [3.63, 3.8) is 0 Å². The lowest BCUT2D eigenvalue weighted by molar-refractivity contribution is -0.118. The van der Waals surface area contributed by atoms with Gasteiger partial charge in [-0.1, -0.05) is 20.8 Å². The monoisotopic (exact) mass is 639 g/mol. The zero-order valence-corrected chi connectivity index (χ0v) is 27.8. The number of ether oxygens (including phenoxy) is 3. The van der Waals surface area contributed by atoms with Crippen molar-refractivity contribution >= 4 is 42.7 Å². The molecule has 1 atom stereocenters. The van der Waals surface area contributed by atoms with Crippen LogP contribution in [0.5, 0.6) is 11.6 Å². The van der Waals surface area contributed by atoms with Crippen molar-refractivity contribution in [2.24, 2.45) is 0 Å². The van der Waals surface area contributed by atoms with Crippen molar-refractivity contribution in [3.05, 3.63) is 47.9 Å². The number of halogens is 1. The van der Waals surface area contributed by atoms with Crippen molar-refractivity contribution in [2.75, 3.05) is 50.2 Å². The molecule has 0 radical (unpaired) electrons. The standard InChI is InChI=1S/C32H42FN5O6Si/c1-32(2,3)45(5,6)43-15-14-37(19-23-24(33)17-34-25-10-12-29(41-4)36-30(23)25)13-7-8-22-18-38(31(40)44-22)21-9-11-27-26(16-21)35-28(39)20-42-27/h9-12,16-17,22H,7-8,13-15,18-20H2,1-6H3,(H,35,39). The maximum atomic E-state index is 15.2. The number of rotatable bonds is 12. The second kappa shape index (κ2) is 13.3. The SMILES string of the molecule is COc1ccc2ncc(F)c(CN(CCCC3CN(c4ccc5c(c4)NC(=O)CO5)C(=O)O3)CCO[Si](C)(C)C(C)(C)C)c2n1. The first kappa shape index (κ1) is 32.6. The van der Waals surface area contributed by atoms with Gasteiger partial charge in [-0.25, -0.2) is 14.2 Å². The number of hydrogen-bond acceptors (Lipinski definition) is 9. The molecule has 2 aliphatic heterocycles. The Balaban J connectivity index is 1.26. The van der Waals surface area contributed by atoms with E-state index in [2.05, 4.69) is 54.0 Å². The van der Waals surface area contributed by atoms with Crippen LogP contribution in [0, 0.1) is 5.82 Å². The molecule has 1 N–H and O–H groups in total. The molecule has 45 heavy (non-hydrogen) atoms. The number of cyclic esters (lactones) is 1. The summed E-state index contributed by atoms with van der Waals surface area (Å²) in [5.41, 5.74) is 2.67. The van der Waals surface area contributed by atoms with E-state index in [1.54, 1.807) is 35.2 Å². The highest BCUT2D eigenvalue weighted by Gasteiger charge is 2.37. The Morgan fingerprint density at radius 1 is 1.18 bits per heavy atom. The molecule has 11 nitrogen and oxygen atoms in total. The van der Waals surface area contributed by atoms with E-state index < -0.39 is 20.2 Å². The van der Waals surface area contributed by atoms with Crippen LogP contribution in [-0.2, 0) is 20.5 Å². The molecule has 2 amide bonds. The summed E-state index contributed by atoms with van der Waals surface area (Å²) in [4.78, 5) is 37.0. The van der Waals surface area contributed by atoms with E-state index in [1.165, 1.54) is 13.3 Å². The van der Waals surface area contributed by atoms with E-state index in [0.29, 0.717) is 85.2 Å². The summed E-state index contributed by atoms with van der Waals surface area (Å²) in [7, 11) is -0.450. The first-order valence-corrected chi connectivity index (χ1v) is 18.1. The molecule has 0 bridgehead atoms. The number of methoxy groups -OCH3 is 1. The Kier molecular flexibility index (Phi) is 9.61. The Bertz CT molecular complexity index is 1570. The van der Waals surface area contributed by atoms with Gasteiger partial charge in [0.05, 0.1) is 31.1 Å². The summed E-state index contributed by atoms with van der Waals surface area (Å²) in [5.74, 6) is 0.290. The number of benzene rings is 1. The Labute approximate surface area is 264 Å². The zero-order chi connectivity index (χ0) is 32.4. The molecule has 13 heteroatoms. The number of pyridine rings is 2. The van der Waals surface area contributed by atoms with E-state index >= 15 is 4.39 Å². The average Bonchev–Trinajstić information content (AvgIpc) is 3.36. The maximum absolute atomic E-state index is 15.2. The number of hydrogen-bond donors (Lipinski definition) is 1. The number of nitrogens with one attached hydrogen (secondary N) is 1. The Hall–Kier alpha value is -3.81. The molecule has 5 rings (SSSR count). The van der Waals surface area contributed by atoms with Crippen LogP contribution in [0.2, 0.25) is 18.1 Å². The van der Waals surface area contributed by atoms with Gasteiger partial charge in [-0.3, -0.25) is 19.6 Å². The summed E-state index contributed by atoms with van der Waals surface area (Å²) >= 11 is 0. The second-order valence-electron chi connectivity index (χ2n) is 13.0. The molecule has 1 saturated heterocycles. The predicted molar refractivity (Wildman–Crippen MR) is 172 cm³/mol. The zero-order valence-electron chi connectivity index (χ0n) is 26.8. The van der Waals surface area contributed by atoms with E-state index in [1.807, 2.05) is 0 Å². The minimum atomic E-state index is -1.98. The van der Waals surface area contributed by atoms with Gasteiger partial charge in [0.25, 0.3) is 5.91 Å². The lowest BCUT2D eigenvalue weighted by Gasteiger charge is -2.37. The normalized spacial score (nSPS) is 16.9. The number of carbonyl (C=O) groups excluding carboxylic acids is 2. The van der Waals surface area contributed by atoms with Crippen molar-refractivity contribution in [3.8, 4) is 11.6 Å². The fraction of sp³-hybridized carbons (Fsp3) is 0.500. The number of aromatic nitrogens is 2. The number of fused-ring (bicyclic) bond motifs is 2. The molecule has 2 aliphatic rings. The molecule has 4 heterocycles. The maximum Gasteiger partial charge on any atom is 0.414 e. The minimum absolute atomic E-state index is 0.0334. The summed E-state index contributed by atoms with van der Waals surface area (Å²) in [6.07, 6.45) is 1.82. The average molecular weight is 640 g/mol. The van der Waals surface area contributed by atoms with E-state index in [4.69, 9.17) is 18.6 Å². The fourth-order valence-electron chi connectivity index (χ4n) is 5.15. The van der Waals surface area contributed by atoms with Crippen LogP contribution in [0.25, 0.3) is 11.0 Å². The second-order valence-corrected chi connectivity index (χ2v) is 17.8. The van der Waals surface area contributed by atoms with Crippen LogP contribution in [0.15, 0.2) is 36.5 Å². The van der Waals surface area contributed by atoms with Crippen LogP contribution >= 0.6 is 0 Å². The molecule has 0 spiro atoms. The van der Waals surface area contributed by atoms with E-state index in [0.717, 1.165) is 0 Å². The highest BCUT2D eigenvalue weighted by Crippen LogP contribution is 2.37. The van der Waals surface area contributed by atoms with Crippen molar-refractivity contribution in [1.29, 1.82) is 0 Å². The highest BCUT2D eigenvalue weighted by atomic mass is 28.4. The molecule has 1 aromatic carbocycles. The Morgan fingerprint density at radius 2 is 1.98 bits per heavy atom. The van der Waals surface area contributed by atoms with E-state index in [9.17, 15) is 9.59 Å². The molecule has 0 saturated carbocycles. The molecule has 242 valence electrons. The number of carbonyl (C=O) groups is 2. The fourth-order valence-corrected chi connectivity index (χ4v) is 6.18. The Morgan fingerprint density at radius 3 is 2.73 bits per heavy atom. The topological polar surface area (TPSA) is 115 Å². The first-order chi connectivity index (χ1) is 21.3.